The van der Waals surface area contributed by atoms with Crippen molar-refractivity contribution in [3.05, 3.63) is 56.7 Å². The Morgan fingerprint density at radius 1 is 1.35 bits per heavy atom. The van der Waals surface area contributed by atoms with Gasteiger partial charge in [0.25, 0.3) is 0 Å². The number of thiophene rings is 1. The smallest absolute Gasteiger partial charge is 0.0438 e. The zero-order valence-electron chi connectivity index (χ0n) is 9.82. The topological polar surface area (TPSA) is 26.0 Å². The molecule has 0 bridgehead atoms. The summed E-state index contributed by atoms with van der Waals surface area (Å²) in [5, 5.41) is 2.90. The van der Waals surface area contributed by atoms with Gasteiger partial charge in [0, 0.05) is 15.9 Å². The summed E-state index contributed by atoms with van der Waals surface area (Å²) in [5.74, 6) is 0. The number of aryl methyl sites for hydroxylation is 2. The third-order valence-corrected chi connectivity index (χ3v) is 4.25. The van der Waals surface area contributed by atoms with E-state index < -0.39 is 0 Å². The SMILES string of the molecule is Cc1ccc(C(N)CCc2cccs2)cc1Cl. The fraction of sp³-hybridized carbons (Fsp3) is 0.286. The van der Waals surface area contributed by atoms with Crippen molar-refractivity contribution in [1.82, 2.24) is 0 Å². The number of rotatable bonds is 4. The van der Waals surface area contributed by atoms with E-state index in [1.807, 2.05) is 19.1 Å². The molecule has 0 aliphatic heterocycles. The summed E-state index contributed by atoms with van der Waals surface area (Å²) < 4.78 is 0. The van der Waals surface area contributed by atoms with E-state index in [1.54, 1.807) is 11.3 Å². The maximum absolute atomic E-state index is 6.18. The highest BCUT2D eigenvalue weighted by atomic mass is 35.5. The lowest BCUT2D eigenvalue weighted by Crippen LogP contribution is -2.11. The molecule has 0 fully saturated rings. The molecule has 0 radical (unpaired) electrons. The molecule has 17 heavy (non-hydrogen) atoms. The van der Waals surface area contributed by atoms with Gasteiger partial charge < -0.3 is 5.73 Å². The predicted molar refractivity (Wildman–Crippen MR) is 75.8 cm³/mol. The first-order chi connectivity index (χ1) is 8.16. The summed E-state index contributed by atoms with van der Waals surface area (Å²) in [5.41, 5.74) is 8.40. The molecule has 0 aliphatic carbocycles. The molecule has 1 unspecified atom stereocenters. The first-order valence-corrected chi connectivity index (χ1v) is 6.96. The second-order valence-corrected chi connectivity index (χ2v) is 5.67. The quantitative estimate of drug-likeness (QED) is 0.874. The van der Waals surface area contributed by atoms with E-state index in [0.717, 1.165) is 29.0 Å². The highest BCUT2D eigenvalue weighted by molar-refractivity contribution is 7.09. The predicted octanol–water partition coefficient (Wildman–Crippen LogP) is 4.34. The molecule has 1 nitrogen and oxygen atoms in total. The van der Waals surface area contributed by atoms with Crippen LogP contribution in [0.4, 0.5) is 0 Å². The molecule has 3 heteroatoms. The van der Waals surface area contributed by atoms with Crippen molar-refractivity contribution in [3.8, 4) is 0 Å². The Hall–Kier alpha value is -0.830. The van der Waals surface area contributed by atoms with Gasteiger partial charge in [0.1, 0.15) is 0 Å². The maximum Gasteiger partial charge on any atom is 0.0438 e. The van der Waals surface area contributed by atoms with Gasteiger partial charge in [-0.05, 0) is 48.4 Å². The summed E-state index contributed by atoms with van der Waals surface area (Å²) in [7, 11) is 0. The number of halogens is 1. The monoisotopic (exact) mass is 265 g/mol. The van der Waals surface area contributed by atoms with Gasteiger partial charge in [0.2, 0.25) is 0 Å². The third kappa shape index (κ3) is 3.32. The van der Waals surface area contributed by atoms with Crippen LogP contribution >= 0.6 is 22.9 Å². The molecule has 0 saturated carbocycles. The fourth-order valence-corrected chi connectivity index (χ4v) is 2.67. The summed E-state index contributed by atoms with van der Waals surface area (Å²) in [4.78, 5) is 1.39. The molecule has 2 aromatic rings. The standard InChI is InChI=1S/C14H16ClNS/c1-10-4-5-11(9-13(10)15)14(16)7-6-12-3-2-8-17-12/h2-5,8-9,14H,6-7,16H2,1H3. The van der Waals surface area contributed by atoms with Crippen LogP contribution in [0.3, 0.4) is 0 Å². The molecule has 2 N–H and O–H groups in total. The number of benzene rings is 1. The van der Waals surface area contributed by atoms with Crippen LogP contribution in [-0.2, 0) is 6.42 Å². The van der Waals surface area contributed by atoms with Crippen molar-refractivity contribution in [2.24, 2.45) is 5.73 Å². The summed E-state index contributed by atoms with van der Waals surface area (Å²) in [6.45, 7) is 2.00. The molecule has 0 amide bonds. The molecule has 1 heterocycles. The first kappa shape index (κ1) is 12.6. The summed E-state index contributed by atoms with van der Waals surface area (Å²) in [6, 6.07) is 10.4. The van der Waals surface area contributed by atoms with Crippen molar-refractivity contribution in [2.45, 2.75) is 25.8 Å². The second kappa shape index (κ2) is 5.67. The third-order valence-electron chi connectivity index (χ3n) is 2.91. The Kier molecular flexibility index (Phi) is 4.21. The van der Waals surface area contributed by atoms with Gasteiger partial charge in [-0.1, -0.05) is 29.8 Å². The van der Waals surface area contributed by atoms with Crippen LogP contribution in [0.25, 0.3) is 0 Å². The second-order valence-electron chi connectivity index (χ2n) is 4.23. The molecule has 0 spiro atoms. The van der Waals surface area contributed by atoms with Gasteiger partial charge in [-0.15, -0.1) is 11.3 Å². The molecule has 1 aromatic heterocycles. The molecule has 0 aliphatic rings. The van der Waals surface area contributed by atoms with Gasteiger partial charge in [0.15, 0.2) is 0 Å². The van der Waals surface area contributed by atoms with Crippen molar-refractivity contribution in [3.63, 3.8) is 0 Å². The minimum Gasteiger partial charge on any atom is -0.324 e. The average molecular weight is 266 g/mol. The Morgan fingerprint density at radius 3 is 2.82 bits per heavy atom. The van der Waals surface area contributed by atoms with E-state index >= 15 is 0 Å². The molecule has 2 rings (SSSR count). The van der Waals surface area contributed by atoms with Crippen molar-refractivity contribution in [2.75, 3.05) is 0 Å². The number of hydrogen-bond donors (Lipinski definition) is 1. The molecule has 90 valence electrons. The zero-order chi connectivity index (χ0) is 12.3. The van der Waals surface area contributed by atoms with Crippen molar-refractivity contribution >= 4 is 22.9 Å². The van der Waals surface area contributed by atoms with E-state index in [-0.39, 0.29) is 6.04 Å². The lowest BCUT2D eigenvalue weighted by atomic mass is 10.0. The van der Waals surface area contributed by atoms with Crippen molar-refractivity contribution < 1.29 is 0 Å². The average Bonchev–Trinajstić information content (AvgIpc) is 2.82. The minimum atomic E-state index is 0.0650. The number of nitrogens with two attached hydrogens (primary N) is 1. The Labute approximate surface area is 111 Å². The molecular weight excluding hydrogens is 250 g/mol. The van der Waals surface area contributed by atoms with Gasteiger partial charge >= 0.3 is 0 Å². The first-order valence-electron chi connectivity index (χ1n) is 5.71. The molecule has 0 saturated heterocycles. The summed E-state index contributed by atoms with van der Waals surface area (Å²) >= 11 is 7.89. The Balaban J connectivity index is 1.99. The van der Waals surface area contributed by atoms with Crippen LogP contribution in [-0.4, -0.2) is 0 Å². The van der Waals surface area contributed by atoms with Gasteiger partial charge in [0.05, 0.1) is 0 Å². The van der Waals surface area contributed by atoms with Crippen LogP contribution < -0.4 is 5.73 Å². The highest BCUT2D eigenvalue weighted by Gasteiger charge is 2.08. The van der Waals surface area contributed by atoms with E-state index in [4.69, 9.17) is 17.3 Å². The number of hydrogen-bond acceptors (Lipinski definition) is 2. The highest BCUT2D eigenvalue weighted by Crippen LogP contribution is 2.23. The van der Waals surface area contributed by atoms with Gasteiger partial charge in [-0.2, -0.15) is 0 Å². The molecule has 1 aromatic carbocycles. The fourth-order valence-electron chi connectivity index (χ4n) is 1.76. The van der Waals surface area contributed by atoms with E-state index in [2.05, 4.69) is 23.6 Å². The normalized spacial score (nSPS) is 12.6. The van der Waals surface area contributed by atoms with Crippen LogP contribution in [0.2, 0.25) is 5.02 Å². The lowest BCUT2D eigenvalue weighted by Gasteiger charge is -2.12. The molecular formula is C14H16ClNS. The Bertz CT molecular complexity index is 479. The zero-order valence-corrected chi connectivity index (χ0v) is 11.4. The van der Waals surface area contributed by atoms with Crippen LogP contribution in [0.5, 0.6) is 0 Å². The van der Waals surface area contributed by atoms with Crippen LogP contribution in [0.15, 0.2) is 35.7 Å². The molecule has 1 atom stereocenters. The largest absolute Gasteiger partial charge is 0.324 e. The van der Waals surface area contributed by atoms with Gasteiger partial charge in [-0.25, -0.2) is 0 Å². The van der Waals surface area contributed by atoms with E-state index in [1.165, 1.54) is 4.88 Å². The summed E-state index contributed by atoms with van der Waals surface area (Å²) in [6.07, 6.45) is 1.99. The maximum atomic E-state index is 6.18. The Morgan fingerprint density at radius 2 is 2.18 bits per heavy atom. The van der Waals surface area contributed by atoms with E-state index in [9.17, 15) is 0 Å². The van der Waals surface area contributed by atoms with E-state index in [0.29, 0.717) is 0 Å². The van der Waals surface area contributed by atoms with Gasteiger partial charge in [-0.3, -0.25) is 0 Å². The van der Waals surface area contributed by atoms with Crippen molar-refractivity contribution in [1.29, 1.82) is 0 Å². The van der Waals surface area contributed by atoms with Crippen LogP contribution in [0, 0.1) is 6.92 Å². The lowest BCUT2D eigenvalue weighted by molar-refractivity contribution is 0.655. The van der Waals surface area contributed by atoms with Crippen LogP contribution in [0.1, 0.15) is 28.5 Å². The minimum absolute atomic E-state index is 0.0650.